The smallest absolute Gasteiger partial charge is 0.309 e. The molecule has 0 aliphatic carbocycles. The highest BCUT2D eigenvalue weighted by atomic mass is 16.3. The Morgan fingerprint density at radius 3 is 2.42 bits per heavy atom. The van der Waals surface area contributed by atoms with Crippen molar-refractivity contribution in [2.45, 2.75) is 25.3 Å². The zero-order valence-corrected chi connectivity index (χ0v) is 13.4. The van der Waals surface area contributed by atoms with Crippen LogP contribution in [0.3, 0.4) is 0 Å². The van der Waals surface area contributed by atoms with Gasteiger partial charge in [0, 0.05) is 13.2 Å². The number of furan rings is 1. The lowest BCUT2D eigenvalue weighted by molar-refractivity contribution is -0.139. The molecule has 0 unspecified atom stereocenters. The summed E-state index contributed by atoms with van der Waals surface area (Å²) in [6.07, 6.45) is 2.78. The minimum Gasteiger partial charge on any atom is -0.467 e. The van der Waals surface area contributed by atoms with Gasteiger partial charge < -0.3 is 20.2 Å². The molecule has 1 aromatic carbocycles. The molecule has 0 fully saturated rings. The first-order chi connectivity index (χ1) is 11.7. The number of hydrogen-bond acceptors (Lipinski definition) is 4. The number of aliphatic hydroxyl groups is 1. The number of amides is 2. The summed E-state index contributed by atoms with van der Waals surface area (Å²) in [5, 5.41) is 14.3. The summed E-state index contributed by atoms with van der Waals surface area (Å²) in [7, 11) is 0. The van der Waals surface area contributed by atoms with Crippen molar-refractivity contribution in [3.05, 3.63) is 60.1 Å². The molecule has 1 aromatic heterocycles. The summed E-state index contributed by atoms with van der Waals surface area (Å²) in [6.45, 7) is 0.625. The lowest BCUT2D eigenvalue weighted by atomic mass is 9.93. The van der Waals surface area contributed by atoms with E-state index in [1.54, 1.807) is 12.1 Å². The highest BCUT2D eigenvalue weighted by Crippen LogP contribution is 2.22. The van der Waals surface area contributed by atoms with Gasteiger partial charge in [-0.25, -0.2) is 0 Å². The average Bonchev–Trinajstić information content (AvgIpc) is 3.13. The Bertz CT molecular complexity index is 626. The molecular weight excluding hydrogens is 308 g/mol. The molecule has 2 aromatic rings. The standard InChI is InChI=1S/C18H22N2O4/c21-11-9-15(14-5-2-1-3-6-14)8-10-19-17(22)18(23)20-13-16-7-4-12-24-16/h1-7,12,15,21H,8-11,13H2,(H,19,22)(H,20,23)/t15-/m1/s1. The van der Waals surface area contributed by atoms with Crippen molar-refractivity contribution in [1.29, 1.82) is 0 Å². The maximum absolute atomic E-state index is 11.8. The number of nitrogens with one attached hydrogen (secondary N) is 2. The van der Waals surface area contributed by atoms with Crippen molar-refractivity contribution in [2.24, 2.45) is 0 Å². The molecule has 3 N–H and O–H groups in total. The molecule has 0 radical (unpaired) electrons. The van der Waals surface area contributed by atoms with Gasteiger partial charge in [0.1, 0.15) is 5.76 Å². The lowest BCUT2D eigenvalue weighted by Crippen LogP contribution is -2.40. The zero-order chi connectivity index (χ0) is 17.2. The predicted octanol–water partition coefficient (Wildman–Crippen LogP) is 1.57. The maximum Gasteiger partial charge on any atom is 0.309 e. The van der Waals surface area contributed by atoms with Crippen LogP contribution in [0.2, 0.25) is 0 Å². The quantitative estimate of drug-likeness (QED) is 0.641. The van der Waals surface area contributed by atoms with Crippen LogP contribution < -0.4 is 10.6 Å². The summed E-state index contributed by atoms with van der Waals surface area (Å²) in [5.74, 6) is -0.631. The van der Waals surface area contributed by atoms with E-state index < -0.39 is 11.8 Å². The molecule has 0 aliphatic heterocycles. The van der Waals surface area contributed by atoms with Crippen LogP contribution in [0.1, 0.15) is 30.1 Å². The van der Waals surface area contributed by atoms with E-state index in [0.717, 1.165) is 5.56 Å². The largest absolute Gasteiger partial charge is 0.467 e. The minimum absolute atomic E-state index is 0.0805. The van der Waals surface area contributed by atoms with Gasteiger partial charge in [0.15, 0.2) is 0 Å². The molecule has 1 atom stereocenters. The number of benzene rings is 1. The molecule has 0 bridgehead atoms. The molecule has 24 heavy (non-hydrogen) atoms. The van der Waals surface area contributed by atoms with Gasteiger partial charge in [-0.2, -0.15) is 0 Å². The fourth-order valence-corrected chi connectivity index (χ4v) is 2.46. The van der Waals surface area contributed by atoms with Crippen LogP contribution in [-0.4, -0.2) is 30.1 Å². The molecule has 0 spiro atoms. The van der Waals surface area contributed by atoms with Crippen LogP contribution in [0.5, 0.6) is 0 Å². The third-order valence-electron chi connectivity index (χ3n) is 3.74. The van der Waals surface area contributed by atoms with E-state index in [-0.39, 0.29) is 19.1 Å². The van der Waals surface area contributed by atoms with Gasteiger partial charge in [-0.15, -0.1) is 0 Å². The Balaban J connectivity index is 1.74. The van der Waals surface area contributed by atoms with Crippen molar-refractivity contribution < 1.29 is 19.1 Å². The van der Waals surface area contributed by atoms with Gasteiger partial charge in [-0.1, -0.05) is 30.3 Å². The van der Waals surface area contributed by atoms with Gasteiger partial charge in [0.2, 0.25) is 0 Å². The maximum atomic E-state index is 11.8. The normalized spacial score (nSPS) is 11.7. The van der Waals surface area contributed by atoms with E-state index in [1.165, 1.54) is 6.26 Å². The molecular formula is C18H22N2O4. The van der Waals surface area contributed by atoms with E-state index in [4.69, 9.17) is 4.42 Å². The van der Waals surface area contributed by atoms with Crippen molar-refractivity contribution >= 4 is 11.8 Å². The number of carbonyl (C=O) groups excluding carboxylic acids is 2. The fourth-order valence-electron chi connectivity index (χ4n) is 2.46. The topological polar surface area (TPSA) is 91.6 Å². The van der Waals surface area contributed by atoms with Crippen LogP contribution in [0.25, 0.3) is 0 Å². The van der Waals surface area contributed by atoms with Crippen molar-refractivity contribution in [3.63, 3.8) is 0 Å². The Morgan fingerprint density at radius 2 is 1.75 bits per heavy atom. The molecule has 6 heteroatoms. The molecule has 128 valence electrons. The average molecular weight is 330 g/mol. The monoisotopic (exact) mass is 330 g/mol. The molecule has 6 nitrogen and oxygen atoms in total. The van der Waals surface area contributed by atoms with Crippen LogP contribution in [-0.2, 0) is 16.1 Å². The Kier molecular flexibility index (Phi) is 7.04. The third-order valence-corrected chi connectivity index (χ3v) is 3.74. The van der Waals surface area contributed by atoms with Gasteiger partial charge in [0.05, 0.1) is 12.8 Å². The number of hydrogen-bond donors (Lipinski definition) is 3. The zero-order valence-electron chi connectivity index (χ0n) is 13.4. The molecule has 0 saturated carbocycles. The first-order valence-electron chi connectivity index (χ1n) is 7.95. The van der Waals surface area contributed by atoms with E-state index in [0.29, 0.717) is 25.1 Å². The number of aliphatic hydroxyl groups excluding tert-OH is 1. The second-order valence-corrected chi connectivity index (χ2v) is 5.43. The van der Waals surface area contributed by atoms with Crippen molar-refractivity contribution in [2.75, 3.05) is 13.2 Å². The second kappa shape index (κ2) is 9.52. The van der Waals surface area contributed by atoms with Gasteiger partial charge in [-0.3, -0.25) is 9.59 Å². The van der Waals surface area contributed by atoms with Crippen LogP contribution in [0.15, 0.2) is 53.1 Å². The van der Waals surface area contributed by atoms with Crippen LogP contribution in [0.4, 0.5) is 0 Å². The SMILES string of the molecule is O=C(NCC[C@H](CCO)c1ccccc1)C(=O)NCc1ccco1. The number of carbonyl (C=O) groups is 2. The first-order valence-corrected chi connectivity index (χ1v) is 7.95. The van der Waals surface area contributed by atoms with Gasteiger partial charge in [-0.05, 0) is 36.5 Å². The van der Waals surface area contributed by atoms with Crippen molar-refractivity contribution in [1.82, 2.24) is 10.6 Å². The van der Waals surface area contributed by atoms with E-state index >= 15 is 0 Å². The number of rotatable bonds is 8. The van der Waals surface area contributed by atoms with Crippen LogP contribution >= 0.6 is 0 Å². The highest BCUT2D eigenvalue weighted by molar-refractivity contribution is 6.35. The van der Waals surface area contributed by atoms with Gasteiger partial charge in [0.25, 0.3) is 0 Å². The summed E-state index contributed by atoms with van der Waals surface area (Å²) in [4.78, 5) is 23.5. The summed E-state index contributed by atoms with van der Waals surface area (Å²) < 4.78 is 5.08. The molecule has 2 amide bonds. The Labute approximate surface area is 140 Å². The Morgan fingerprint density at radius 1 is 1.00 bits per heavy atom. The lowest BCUT2D eigenvalue weighted by Gasteiger charge is -2.16. The summed E-state index contributed by atoms with van der Waals surface area (Å²) in [6, 6.07) is 13.3. The molecule has 1 heterocycles. The van der Waals surface area contributed by atoms with E-state index in [9.17, 15) is 14.7 Å². The molecule has 0 saturated heterocycles. The highest BCUT2D eigenvalue weighted by Gasteiger charge is 2.15. The minimum atomic E-state index is -0.690. The molecule has 2 rings (SSSR count). The summed E-state index contributed by atoms with van der Waals surface area (Å²) in [5.41, 5.74) is 1.11. The molecule has 0 aliphatic rings. The van der Waals surface area contributed by atoms with E-state index in [1.807, 2.05) is 30.3 Å². The third kappa shape index (κ3) is 5.55. The predicted molar refractivity (Wildman–Crippen MR) is 89.1 cm³/mol. The Hall–Kier alpha value is -2.60. The summed E-state index contributed by atoms with van der Waals surface area (Å²) >= 11 is 0. The van der Waals surface area contributed by atoms with Gasteiger partial charge >= 0.3 is 11.8 Å². The van der Waals surface area contributed by atoms with E-state index in [2.05, 4.69) is 10.6 Å². The fraction of sp³-hybridized carbons (Fsp3) is 0.333. The first kappa shape index (κ1) is 17.7. The van der Waals surface area contributed by atoms with Crippen LogP contribution in [0, 0.1) is 0 Å². The second-order valence-electron chi connectivity index (χ2n) is 5.43. The van der Waals surface area contributed by atoms with Crippen molar-refractivity contribution in [3.8, 4) is 0 Å².